The van der Waals surface area contributed by atoms with Crippen LogP contribution in [-0.2, 0) is 0 Å². The Bertz CT molecular complexity index is 3000. The number of aromatic nitrogens is 3. The highest BCUT2D eigenvalue weighted by Crippen LogP contribution is 2.42. The van der Waals surface area contributed by atoms with E-state index in [0.717, 1.165) is 55.3 Å². The topological polar surface area (TPSA) is 35.1 Å². The summed E-state index contributed by atoms with van der Waals surface area (Å²) in [5.74, 6) is 0. The fraction of sp³-hybridized carbons (Fsp3) is 0. The quantitative estimate of drug-likeness (QED) is 0.170. The molecular formula is C49H30N4. The SMILES string of the molecule is [C-]#[N+]c1ccc2c(c1)c1cc(-c3ccc(-c4cccc5ccccc45)c4ccccc34)ccc1n2-c1cc(-c2cccnc2)cc(-c2cccnc2)c1. The maximum atomic E-state index is 7.86. The first-order valence-electron chi connectivity index (χ1n) is 17.7. The lowest BCUT2D eigenvalue weighted by atomic mass is 9.90. The van der Waals surface area contributed by atoms with E-state index in [2.05, 4.69) is 153 Å². The van der Waals surface area contributed by atoms with Crippen molar-refractivity contribution in [3.8, 4) is 50.2 Å². The van der Waals surface area contributed by atoms with Crippen molar-refractivity contribution in [3.63, 3.8) is 0 Å². The zero-order valence-corrected chi connectivity index (χ0v) is 28.6. The number of fused-ring (bicyclic) bond motifs is 5. The Morgan fingerprint density at radius 3 is 1.72 bits per heavy atom. The summed E-state index contributed by atoms with van der Waals surface area (Å²) in [6.45, 7) is 7.86. The minimum atomic E-state index is 0.618. The molecule has 0 fully saturated rings. The van der Waals surface area contributed by atoms with E-state index in [1.165, 1.54) is 38.2 Å². The first kappa shape index (κ1) is 30.5. The van der Waals surface area contributed by atoms with Gasteiger partial charge in [0.2, 0.25) is 0 Å². The van der Waals surface area contributed by atoms with Crippen molar-refractivity contribution in [2.75, 3.05) is 0 Å². The largest absolute Gasteiger partial charge is 0.309 e. The second-order valence-corrected chi connectivity index (χ2v) is 13.4. The molecule has 10 aromatic rings. The maximum Gasteiger partial charge on any atom is 0.188 e. The van der Waals surface area contributed by atoms with Crippen molar-refractivity contribution in [1.82, 2.24) is 14.5 Å². The average molecular weight is 675 g/mol. The van der Waals surface area contributed by atoms with E-state index in [1.807, 2.05) is 36.7 Å². The molecule has 3 aromatic heterocycles. The molecule has 0 aliphatic carbocycles. The Kier molecular flexibility index (Phi) is 7.16. The second kappa shape index (κ2) is 12.5. The molecule has 0 aliphatic rings. The van der Waals surface area contributed by atoms with Crippen LogP contribution in [0.5, 0.6) is 0 Å². The van der Waals surface area contributed by atoms with E-state index < -0.39 is 0 Å². The predicted octanol–water partition coefficient (Wildman–Crippen LogP) is 13.1. The molecule has 53 heavy (non-hydrogen) atoms. The van der Waals surface area contributed by atoms with Crippen molar-refractivity contribution < 1.29 is 0 Å². The van der Waals surface area contributed by atoms with Crippen LogP contribution in [0.2, 0.25) is 0 Å². The van der Waals surface area contributed by atoms with Gasteiger partial charge in [-0.2, -0.15) is 0 Å². The molecule has 10 rings (SSSR count). The summed E-state index contributed by atoms with van der Waals surface area (Å²) >= 11 is 0. The number of benzene rings is 7. The van der Waals surface area contributed by atoms with Crippen LogP contribution < -0.4 is 0 Å². The lowest BCUT2D eigenvalue weighted by molar-refractivity contribution is 1.18. The Labute approximate surface area is 306 Å². The van der Waals surface area contributed by atoms with Gasteiger partial charge in [-0.25, -0.2) is 4.85 Å². The molecule has 0 saturated heterocycles. The van der Waals surface area contributed by atoms with Crippen LogP contribution in [-0.4, -0.2) is 14.5 Å². The summed E-state index contributed by atoms with van der Waals surface area (Å²) in [6.07, 6.45) is 7.41. The molecule has 0 aliphatic heterocycles. The number of hydrogen-bond donors (Lipinski definition) is 0. The molecule has 0 atom stereocenters. The molecule has 3 heterocycles. The molecule has 7 aromatic carbocycles. The van der Waals surface area contributed by atoms with Gasteiger partial charge in [-0.15, -0.1) is 0 Å². The van der Waals surface area contributed by atoms with Gasteiger partial charge in [0.05, 0.1) is 17.6 Å². The normalized spacial score (nSPS) is 11.4. The van der Waals surface area contributed by atoms with Crippen molar-refractivity contribution in [3.05, 3.63) is 194 Å². The Morgan fingerprint density at radius 1 is 0.415 bits per heavy atom. The Hall–Kier alpha value is -7.35. The third-order valence-electron chi connectivity index (χ3n) is 10.4. The summed E-state index contributed by atoms with van der Waals surface area (Å²) in [5, 5.41) is 7.04. The zero-order chi connectivity index (χ0) is 35.3. The molecule has 0 N–H and O–H groups in total. The minimum Gasteiger partial charge on any atom is -0.309 e. The molecule has 0 spiro atoms. The van der Waals surface area contributed by atoms with Gasteiger partial charge in [-0.05, 0) is 115 Å². The fourth-order valence-corrected chi connectivity index (χ4v) is 7.91. The van der Waals surface area contributed by atoms with Crippen molar-refractivity contribution in [1.29, 1.82) is 0 Å². The van der Waals surface area contributed by atoms with E-state index in [4.69, 9.17) is 6.57 Å². The van der Waals surface area contributed by atoms with Crippen LogP contribution in [0.4, 0.5) is 5.69 Å². The van der Waals surface area contributed by atoms with Gasteiger partial charge >= 0.3 is 0 Å². The molecule has 4 heteroatoms. The standard InChI is InChI=1S/C49H30N4/c1-50-38-18-22-49-47(29-38)46-28-33(41-19-20-45(44-15-5-4-14-42(41)44)43-16-6-10-32-9-2-3-13-40(32)43)17-21-48(46)53(49)39-26-36(34-11-7-23-51-30-34)25-37(27-39)35-12-8-24-52-31-35/h2-31H. The van der Waals surface area contributed by atoms with E-state index in [9.17, 15) is 0 Å². The molecule has 0 saturated carbocycles. The molecule has 4 nitrogen and oxygen atoms in total. The van der Waals surface area contributed by atoms with Crippen molar-refractivity contribution >= 4 is 49.0 Å². The van der Waals surface area contributed by atoms with Gasteiger partial charge in [0.25, 0.3) is 0 Å². The van der Waals surface area contributed by atoms with Gasteiger partial charge in [-0.1, -0.05) is 103 Å². The molecule has 0 amide bonds. The number of rotatable bonds is 5. The smallest absolute Gasteiger partial charge is 0.188 e. The monoisotopic (exact) mass is 674 g/mol. The summed E-state index contributed by atoms with van der Waals surface area (Å²) in [5.41, 5.74) is 12.7. The van der Waals surface area contributed by atoms with E-state index >= 15 is 0 Å². The number of pyridine rings is 2. The fourth-order valence-electron chi connectivity index (χ4n) is 7.91. The number of nitrogens with zero attached hydrogens (tertiary/aromatic N) is 4. The zero-order valence-electron chi connectivity index (χ0n) is 28.6. The second-order valence-electron chi connectivity index (χ2n) is 13.4. The van der Waals surface area contributed by atoms with Crippen LogP contribution in [0.1, 0.15) is 0 Å². The van der Waals surface area contributed by atoms with Crippen molar-refractivity contribution in [2.45, 2.75) is 0 Å². The predicted molar refractivity (Wildman–Crippen MR) is 219 cm³/mol. The highest BCUT2D eigenvalue weighted by molar-refractivity contribution is 6.14. The molecule has 0 bridgehead atoms. The highest BCUT2D eigenvalue weighted by atomic mass is 15.0. The summed E-state index contributed by atoms with van der Waals surface area (Å²) in [4.78, 5) is 12.7. The van der Waals surface area contributed by atoms with Gasteiger partial charge in [0.1, 0.15) is 0 Å². The van der Waals surface area contributed by atoms with E-state index in [1.54, 1.807) is 12.4 Å². The highest BCUT2D eigenvalue weighted by Gasteiger charge is 2.18. The van der Waals surface area contributed by atoms with Gasteiger partial charge in [0.15, 0.2) is 5.69 Å². The minimum absolute atomic E-state index is 0.618. The van der Waals surface area contributed by atoms with Crippen LogP contribution >= 0.6 is 0 Å². The molecule has 246 valence electrons. The van der Waals surface area contributed by atoms with Gasteiger partial charge in [-0.3, -0.25) is 9.97 Å². The first-order valence-corrected chi connectivity index (χ1v) is 17.7. The van der Waals surface area contributed by atoms with E-state index in [-0.39, 0.29) is 0 Å². The summed E-state index contributed by atoms with van der Waals surface area (Å²) in [6, 6.07) is 56.0. The Balaban J connectivity index is 1.20. The van der Waals surface area contributed by atoms with Crippen LogP contribution in [0.25, 0.3) is 98.4 Å². The van der Waals surface area contributed by atoms with E-state index in [0.29, 0.717) is 5.69 Å². The third-order valence-corrected chi connectivity index (χ3v) is 10.4. The number of hydrogen-bond acceptors (Lipinski definition) is 2. The van der Waals surface area contributed by atoms with Gasteiger partial charge < -0.3 is 4.57 Å². The van der Waals surface area contributed by atoms with Crippen LogP contribution in [0, 0.1) is 6.57 Å². The molecule has 0 unspecified atom stereocenters. The lowest BCUT2D eigenvalue weighted by Gasteiger charge is -2.15. The molecule has 0 radical (unpaired) electrons. The molecular weight excluding hydrogens is 645 g/mol. The van der Waals surface area contributed by atoms with Crippen LogP contribution in [0.3, 0.4) is 0 Å². The third kappa shape index (κ3) is 5.14. The Morgan fingerprint density at radius 2 is 1.02 bits per heavy atom. The average Bonchev–Trinajstić information content (AvgIpc) is 3.56. The summed E-state index contributed by atoms with van der Waals surface area (Å²) in [7, 11) is 0. The maximum absolute atomic E-state index is 7.86. The summed E-state index contributed by atoms with van der Waals surface area (Å²) < 4.78 is 2.32. The van der Waals surface area contributed by atoms with Gasteiger partial charge in [0, 0.05) is 47.0 Å². The van der Waals surface area contributed by atoms with Crippen LogP contribution in [0.15, 0.2) is 183 Å². The lowest BCUT2D eigenvalue weighted by Crippen LogP contribution is -1.96. The first-order chi connectivity index (χ1) is 26.2. The van der Waals surface area contributed by atoms with Crippen molar-refractivity contribution in [2.24, 2.45) is 0 Å².